The Morgan fingerprint density at radius 3 is 3.00 bits per heavy atom. The lowest BCUT2D eigenvalue weighted by molar-refractivity contribution is -0.118. The Morgan fingerprint density at radius 1 is 1.39 bits per heavy atom. The Kier molecular flexibility index (Phi) is 4.23. The van der Waals surface area contributed by atoms with Crippen LogP contribution in [-0.2, 0) is 17.9 Å². The molecule has 0 saturated heterocycles. The third kappa shape index (κ3) is 3.16. The average molecular weight is 314 g/mol. The summed E-state index contributed by atoms with van der Waals surface area (Å²) in [6, 6.07) is 5.71. The number of benzene rings is 1. The van der Waals surface area contributed by atoms with Gasteiger partial charge in [0.1, 0.15) is 5.75 Å². The molecule has 3 rings (SSSR count). The quantitative estimate of drug-likeness (QED) is 0.890. The molecule has 0 fully saturated rings. The second-order valence-electron chi connectivity index (χ2n) is 5.77. The molecule has 0 unspecified atom stereocenters. The van der Waals surface area contributed by atoms with E-state index < -0.39 is 0 Å². The number of ether oxygens (including phenoxy) is 1. The van der Waals surface area contributed by atoms with E-state index in [9.17, 15) is 4.79 Å². The molecule has 6 heteroatoms. The number of rotatable bonds is 5. The van der Waals surface area contributed by atoms with Crippen molar-refractivity contribution < 1.29 is 9.53 Å². The maximum atomic E-state index is 11.3. The molecular weight excluding hydrogens is 292 g/mol. The first-order chi connectivity index (χ1) is 11.1. The summed E-state index contributed by atoms with van der Waals surface area (Å²) in [5.74, 6) is 0.581. The first-order valence-electron chi connectivity index (χ1n) is 7.92. The number of aryl methyl sites for hydroxylation is 2. The highest BCUT2D eigenvalue weighted by atomic mass is 16.5. The normalized spacial score (nSPS) is 13.3. The number of carbonyl (C=O) groups is 1. The van der Waals surface area contributed by atoms with Crippen molar-refractivity contribution in [3.05, 3.63) is 35.2 Å². The number of aromatic nitrogens is 2. The van der Waals surface area contributed by atoms with Crippen LogP contribution in [0.4, 0.5) is 11.4 Å². The molecular formula is C17H22N4O2. The van der Waals surface area contributed by atoms with Gasteiger partial charge in [-0.25, -0.2) is 0 Å². The van der Waals surface area contributed by atoms with Crippen LogP contribution in [0.3, 0.4) is 0 Å². The van der Waals surface area contributed by atoms with Crippen LogP contribution in [0.5, 0.6) is 5.75 Å². The summed E-state index contributed by atoms with van der Waals surface area (Å²) < 4.78 is 7.51. The van der Waals surface area contributed by atoms with E-state index in [-0.39, 0.29) is 12.5 Å². The van der Waals surface area contributed by atoms with Gasteiger partial charge in [-0.2, -0.15) is 5.10 Å². The molecule has 122 valence electrons. The van der Waals surface area contributed by atoms with Crippen molar-refractivity contribution in [3.63, 3.8) is 0 Å². The van der Waals surface area contributed by atoms with Crippen molar-refractivity contribution in [3.8, 4) is 5.75 Å². The lowest BCUT2D eigenvalue weighted by Crippen LogP contribution is -2.25. The number of hydrogen-bond acceptors (Lipinski definition) is 4. The zero-order chi connectivity index (χ0) is 16.4. The van der Waals surface area contributed by atoms with Crippen molar-refractivity contribution in [2.24, 2.45) is 0 Å². The molecule has 23 heavy (non-hydrogen) atoms. The van der Waals surface area contributed by atoms with E-state index in [1.807, 2.05) is 25.1 Å². The van der Waals surface area contributed by atoms with Crippen LogP contribution in [-0.4, -0.2) is 22.3 Å². The maximum absolute atomic E-state index is 11.3. The lowest BCUT2D eigenvalue weighted by atomic mass is 10.2. The third-order valence-electron chi connectivity index (χ3n) is 4.05. The van der Waals surface area contributed by atoms with Gasteiger partial charge in [0.15, 0.2) is 6.61 Å². The number of nitrogens with zero attached hydrogens (tertiary/aromatic N) is 2. The van der Waals surface area contributed by atoms with Gasteiger partial charge in [-0.3, -0.25) is 9.48 Å². The van der Waals surface area contributed by atoms with Crippen LogP contribution >= 0.6 is 0 Å². The summed E-state index contributed by atoms with van der Waals surface area (Å²) >= 11 is 0. The average Bonchev–Trinajstić information content (AvgIpc) is 2.80. The number of anilines is 2. The minimum absolute atomic E-state index is 0.0679. The van der Waals surface area contributed by atoms with E-state index in [2.05, 4.69) is 34.3 Å². The molecule has 0 aliphatic carbocycles. The zero-order valence-corrected chi connectivity index (χ0v) is 13.8. The summed E-state index contributed by atoms with van der Waals surface area (Å²) in [6.07, 6.45) is 1.07. The SMILES string of the molecule is CCCn1nc(C)c(CNc2ccc3c(c2)OCC(=O)N3)c1C. The summed E-state index contributed by atoms with van der Waals surface area (Å²) in [6.45, 7) is 8.03. The largest absolute Gasteiger partial charge is 0.482 e. The number of carbonyl (C=O) groups excluding carboxylic acids is 1. The molecule has 0 bridgehead atoms. The maximum Gasteiger partial charge on any atom is 0.262 e. The standard InChI is InChI=1S/C17H22N4O2/c1-4-7-21-12(3)14(11(2)20-21)9-18-13-5-6-15-16(8-13)23-10-17(22)19-15/h5-6,8,18H,4,7,9-10H2,1-3H3,(H,19,22). The van der Waals surface area contributed by atoms with Gasteiger partial charge in [-0.15, -0.1) is 0 Å². The number of fused-ring (bicyclic) bond motifs is 1. The van der Waals surface area contributed by atoms with E-state index in [1.54, 1.807) is 0 Å². The first-order valence-corrected chi connectivity index (χ1v) is 7.92. The van der Waals surface area contributed by atoms with Gasteiger partial charge in [0.05, 0.1) is 11.4 Å². The molecule has 2 heterocycles. The molecule has 0 spiro atoms. The Hall–Kier alpha value is -2.50. The van der Waals surface area contributed by atoms with Gasteiger partial charge in [0.2, 0.25) is 0 Å². The number of amides is 1. The van der Waals surface area contributed by atoms with Crippen molar-refractivity contribution >= 4 is 17.3 Å². The van der Waals surface area contributed by atoms with Crippen molar-refractivity contribution in [2.75, 3.05) is 17.2 Å². The van der Waals surface area contributed by atoms with Gasteiger partial charge in [-0.1, -0.05) is 6.92 Å². The second-order valence-corrected chi connectivity index (χ2v) is 5.77. The molecule has 2 aromatic rings. The highest BCUT2D eigenvalue weighted by Gasteiger charge is 2.16. The van der Waals surface area contributed by atoms with Gasteiger partial charge in [0.25, 0.3) is 5.91 Å². The Bertz CT molecular complexity index is 736. The lowest BCUT2D eigenvalue weighted by Gasteiger charge is -2.19. The van der Waals surface area contributed by atoms with Crippen molar-refractivity contribution in [1.82, 2.24) is 9.78 Å². The number of nitrogens with one attached hydrogen (secondary N) is 2. The molecule has 2 N–H and O–H groups in total. The van der Waals surface area contributed by atoms with Crippen LogP contribution in [0.1, 0.15) is 30.3 Å². The highest BCUT2D eigenvalue weighted by molar-refractivity contribution is 5.95. The summed E-state index contributed by atoms with van der Waals surface area (Å²) in [5, 5.41) is 10.8. The molecule has 1 aromatic carbocycles. The Balaban J connectivity index is 1.73. The van der Waals surface area contributed by atoms with E-state index in [1.165, 1.54) is 11.3 Å². The van der Waals surface area contributed by atoms with Crippen LogP contribution in [0.2, 0.25) is 0 Å². The van der Waals surface area contributed by atoms with E-state index in [0.29, 0.717) is 12.3 Å². The van der Waals surface area contributed by atoms with Gasteiger partial charge >= 0.3 is 0 Å². The highest BCUT2D eigenvalue weighted by Crippen LogP contribution is 2.30. The minimum atomic E-state index is -0.118. The summed E-state index contributed by atoms with van der Waals surface area (Å²) in [4.78, 5) is 11.3. The minimum Gasteiger partial charge on any atom is -0.482 e. The molecule has 1 amide bonds. The van der Waals surface area contributed by atoms with E-state index in [4.69, 9.17) is 4.74 Å². The molecule has 6 nitrogen and oxygen atoms in total. The zero-order valence-electron chi connectivity index (χ0n) is 13.8. The fraction of sp³-hybridized carbons (Fsp3) is 0.412. The van der Waals surface area contributed by atoms with E-state index >= 15 is 0 Å². The van der Waals surface area contributed by atoms with Crippen LogP contribution < -0.4 is 15.4 Å². The van der Waals surface area contributed by atoms with E-state index in [0.717, 1.165) is 30.0 Å². The smallest absolute Gasteiger partial charge is 0.262 e. The fourth-order valence-corrected chi connectivity index (χ4v) is 2.79. The van der Waals surface area contributed by atoms with Crippen LogP contribution in [0.15, 0.2) is 18.2 Å². The second kappa shape index (κ2) is 6.32. The Labute approximate surface area is 135 Å². The molecule has 1 aromatic heterocycles. The van der Waals surface area contributed by atoms with Crippen LogP contribution in [0.25, 0.3) is 0 Å². The third-order valence-corrected chi connectivity index (χ3v) is 4.05. The number of hydrogen-bond donors (Lipinski definition) is 2. The summed E-state index contributed by atoms with van der Waals surface area (Å²) in [5.41, 5.74) is 5.17. The van der Waals surface area contributed by atoms with Crippen LogP contribution in [0, 0.1) is 13.8 Å². The first kappa shape index (κ1) is 15.4. The monoisotopic (exact) mass is 314 g/mol. The molecule has 0 saturated carbocycles. The molecule has 0 atom stereocenters. The van der Waals surface area contributed by atoms with Crippen molar-refractivity contribution in [1.29, 1.82) is 0 Å². The molecule has 1 aliphatic heterocycles. The fourth-order valence-electron chi connectivity index (χ4n) is 2.79. The predicted octanol–water partition coefficient (Wildman–Crippen LogP) is 2.85. The predicted molar refractivity (Wildman–Crippen MR) is 89.9 cm³/mol. The van der Waals surface area contributed by atoms with Gasteiger partial charge in [-0.05, 0) is 32.4 Å². The van der Waals surface area contributed by atoms with Crippen molar-refractivity contribution in [2.45, 2.75) is 40.3 Å². The molecule has 0 radical (unpaired) electrons. The molecule has 1 aliphatic rings. The summed E-state index contributed by atoms with van der Waals surface area (Å²) in [7, 11) is 0. The Morgan fingerprint density at radius 2 is 2.22 bits per heavy atom. The topological polar surface area (TPSA) is 68.2 Å². The van der Waals surface area contributed by atoms with Gasteiger partial charge < -0.3 is 15.4 Å². The van der Waals surface area contributed by atoms with Gasteiger partial charge in [0, 0.05) is 36.1 Å².